The quantitative estimate of drug-likeness (QED) is 0.743. The van der Waals surface area contributed by atoms with Crippen LogP contribution in [0.15, 0.2) is 35.4 Å². The van der Waals surface area contributed by atoms with Crippen LogP contribution < -0.4 is 4.74 Å². The molecule has 102 valence electrons. The van der Waals surface area contributed by atoms with Crippen molar-refractivity contribution in [2.75, 3.05) is 6.61 Å². The van der Waals surface area contributed by atoms with Gasteiger partial charge in [0.2, 0.25) is 0 Å². The fraction of sp³-hybridized carbons (Fsp3) is 0.444. The lowest BCUT2D eigenvalue weighted by Crippen LogP contribution is -2.06. The van der Waals surface area contributed by atoms with Crippen LogP contribution in [0.3, 0.4) is 0 Å². The summed E-state index contributed by atoms with van der Waals surface area (Å²) in [6.45, 7) is 9.37. The predicted octanol–water partition coefficient (Wildman–Crippen LogP) is 4.91. The molecule has 0 saturated heterocycles. The van der Waals surface area contributed by atoms with Gasteiger partial charge in [-0.05, 0) is 62.3 Å². The van der Waals surface area contributed by atoms with E-state index in [0.29, 0.717) is 6.61 Å². The van der Waals surface area contributed by atoms with E-state index in [4.69, 9.17) is 4.74 Å². The first-order valence-electron chi connectivity index (χ1n) is 7.20. The van der Waals surface area contributed by atoms with Crippen molar-refractivity contribution in [3.63, 3.8) is 0 Å². The van der Waals surface area contributed by atoms with Gasteiger partial charge in [0.05, 0.1) is 0 Å². The Labute approximate surface area is 117 Å². The number of aryl methyl sites for hydroxylation is 3. The van der Waals surface area contributed by atoms with E-state index in [2.05, 4.69) is 52.0 Å². The molecule has 0 fully saturated rings. The van der Waals surface area contributed by atoms with Crippen LogP contribution >= 0.6 is 0 Å². The van der Waals surface area contributed by atoms with Gasteiger partial charge in [-0.3, -0.25) is 0 Å². The molecule has 1 aromatic carbocycles. The molecule has 0 bridgehead atoms. The van der Waals surface area contributed by atoms with Crippen LogP contribution in [0, 0.1) is 13.8 Å². The lowest BCUT2D eigenvalue weighted by atomic mass is 9.99. The van der Waals surface area contributed by atoms with Gasteiger partial charge in [-0.15, -0.1) is 0 Å². The molecule has 1 aromatic rings. The maximum absolute atomic E-state index is 6.07. The monoisotopic (exact) mass is 256 g/mol. The summed E-state index contributed by atoms with van der Waals surface area (Å²) in [6, 6.07) is 4.47. The zero-order valence-electron chi connectivity index (χ0n) is 12.5. The predicted molar refractivity (Wildman–Crippen MR) is 81.9 cm³/mol. The van der Waals surface area contributed by atoms with Crippen molar-refractivity contribution in [2.24, 2.45) is 0 Å². The second-order valence-corrected chi connectivity index (χ2v) is 5.45. The van der Waals surface area contributed by atoms with Gasteiger partial charge in [0.15, 0.2) is 0 Å². The summed E-state index contributed by atoms with van der Waals surface area (Å²) in [6.07, 6.45) is 7.87. The lowest BCUT2D eigenvalue weighted by Gasteiger charge is -2.17. The van der Waals surface area contributed by atoms with Crippen molar-refractivity contribution in [3.05, 3.63) is 52.1 Å². The van der Waals surface area contributed by atoms with Crippen LogP contribution in [-0.4, -0.2) is 6.61 Å². The lowest BCUT2D eigenvalue weighted by molar-refractivity contribution is 0.348. The van der Waals surface area contributed by atoms with Gasteiger partial charge in [0.25, 0.3) is 0 Å². The average molecular weight is 256 g/mol. The molecule has 2 rings (SSSR count). The summed E-state index contributed by atoms with van der Waals surface area (Å²) >= 11 is 0. The smallest absolute Gasteiger partial charge is 0.125 e. The average Bonchev–Trinajstić information content (AvgIpc) is 2.39. The van der Waals surface area contributed by atoms with Gasteiger partial charge in [0.1, 0.15) is 12.4 Å². The topological polar surface area (TPSA) is 9.23 Å². The van der Waals surface area contributed by atoms with Crippen molar-refractivity contribution in [1.82, 2.24) is 0 Å². The second kappa shape index (κ2) is 6.10. The Balaban J connectivity index is 2.14. The van der Waals surface area contributed by atoms with E-state index in [1.54, 1.807) is 0 Å². The normalized spacial score (nSPS) is 14.9. The first kappa shape index (κ1) is 13.9. The zero-order chi connectivity index (χ0) is 13.8. The third-order valence-electron chi connectivity index (χ3n) is 3.85. The number of hydrogen-bond donors (Lipinski definition) is 0. The Bertz CT molecular complexity index is 497. The number of ether oxygens (including phenoxy) is 1. The van der Waals surface area contributed by atoms with E-state index < -0.39 is 0 Å². The molecule has 0 atom stereocenters. The molecule has 0 unspecified atom stereocenters. The van der Waals surface area contributed by atoms with Crippen LogP contribution in [0.2, 0.25) is 0 Å². The second-order valence-electron chi connectivity index (χ2n) is 5.45. The Morgan fingerprint density at radius 2 is 1.79 bits per heavy atom. The van der Waals surface area contributed by atoms with Crippen LogP contribution in [0.5, 0.6) is 5.75 Å². The highest BCUT2D eigenvalue weighted by Gasteiger charge is 2.09. The van der Waals surface area contributed by atoms with Gasteiger partial charge < -0.3 is 4.74 Å². The molecule has 0 saturated carbocycles. The molecule has 1 aliphatic rings. The van der Waals surface area contributed by atoms with Crippen molar-refractivity contribution in [1.29, 1.82) is 0 Å². The molecule has 0 radical (unpaired) electrons. The molecule has 0 heterocycles. The van der Waals surface area contributed by atoms with Crippen LogP contribution in [0.1, 0.15) is 43.4 Å². The minimum absolute atomic E-state index is 0.690. The van der Waals surface area contributed by atoms with Crippen LogP contribution in [0.25, 0.3) is 0 Å². The summed E-state index contributed by atoms with van der Waals surface area (Å²) < 4.78 is 6.07. The number of benzene rings is 1. The maximum atomic E-state index is 6.07. The molecular weight excluding hydrogens is 232 g/mol. The highest BCUT2D eigenvalue weighted by Crippen LogP contribution is 2.27. The van der Waals surface area contributed by atoms with Crippen molar-refractivity contribution in [3.8, 4) is 5.75 Å². The molecule has 1 nitrogen and oxygen atoms in total. The van der Waals surface area contributed by atoms with Gasteiger partial charge in [-0.2, -0.15) is 0 Å². The molecule has 0 aromatic heterocycles. The Kier molecular flexibility index (Phi) is 4.47. The third kappa shape index (κ3) is 3.28. The van der Waals surface area contributed by atoms with E-state index in [-0.39, 0.29) is 0 Å². The highest BCUT2D eigenvalue weighted by molar-refractivity contribution is 5.44. The SMILES string of the molecule is CCc1cc(C)c(OCC2=C(C)CCC=C2)c(C)c1. The zero-order valence-corrected chi connectivity index (χ0v) is 12.5. The van der Waals surface area contributed by atoms with Crippen molar-refractivity contribution >= 4 is 0 Å². The van der Waals surface area contributed by atoms with Crippen molar-refractivity contribution in [2.45, 2.75) is 47.0 Å². The standard InChI is InChI=1S/C18H24O/c1-5-16-10-14(3)18(15(4)11-16)19-12-17-9-7-6-8-13(17)2/h7,9-11H,5-6,8,12H2,1-4H3. The largest absolute Gasteiger partial charge is 0.488 e. The fourth-order valence-corrected chi connectivity index (χ4v) is 2.62. The number of hydrogen-bond acceptors (Lipinski definition) is 1. The fourth-order valence-electron chi connectivity index (χ4n) is 2.62. The van der Waals surface area contributed by atoms with E-state index >= 15 is 0 Å². The summed E-state index contributed by atoms with van der Waals surface area (Å²) in [5.74, 6) is 1.05. The van der Waals surface area contributed by atoms with E-state index in [1.807, 2.05) is 0 Å². The summed E-state index contributed by atoms with van der Waals surface area (Å²) in [7, 11) is 0. The molecular formula is C18H24O. The highest BCUT2D eigenvalue weighted by atomic mass is 16.5. The van der Waals surface area contributed by atoms with Crippen LogP contribution in [-0.2, 0) is 6.42 Å². The first-order chi connectivity index (χ1) is 9.11. The Hall–Kier alpha value is -1.50. The summed E-state index contributed by atoms with van der Waals surface area (Å²) in [5.41, 5.74) is 6.67. The number of allylic oxidation sites excluding steroid dienone is 2. The minimum atomic E-state index is 0.690. The van der Waals surface area contributed by atoms with Crippen LogP contribution in [0.4, 0.5) is 0 Å². The molecule has 0 spiro atoms. The van der Waals surface area contributed by atoms with Gasteiger partial charge >= 0.3 is 0 Å². The first-order valence-corrected chi connectivity index (χ1v) is 7.20. The van der Waals surface area contributed by atoms with Gasteiger partial charge in [0, 0.05) is 0 Å². The summed E-state index contributed by atoms with van der Waals surface area (Å²) in [5, 5.41) is 0. The maximum Gasteiger partial charge on any atom is 0.125 e. The van der Waals surface area contributed by atoms with Crippen molar-refractivity contribution < 1.29 is 4.74 Å². The Morgan fingerprint density at radius 3 is 2.37 bits per heavy atom. The molecule has 0 N–H and O–H groups in total. The van der Waals surface area contributed by atoms with E-state index in [0.717, 1.165) is 12.2 Å². The Morgan fingerprint density at radius 1 is 1.11 bits per heavy atom. The molecule has 19 heavy (non-hydrogen) atoms. The molecule has 1 aliphatic carbocycles. The number of rotatable bonds is 4. The molecule has 1 heteroatoms. The van der Waals surface area contributed by atoms with E-state index in [1.165, 1.54) is 40.7 Å². The van der Waals surface area contributed by atoms with Gasteiger partial charge in [-0.25, -0.2) is 0 Å². The third-order valence-corrected chi connectivity index (χ3v) is 3.85. The van der Waals surface area contributed by atoms with Gasteiger partial charge in [-0.1, -0.05) is 36.8 Å². The molecule has 0 aliphatic heterocycles. The van der Waals surface area contributed by atoms with E-state index in [9.17, 15) is 0 Å². The minimum Gasteiger partial charge on any atom is -0.488 e. The molecule has 0 amide bonds. The summed E-state index contributed by atoms with van der Waals surface area (Å²) in [4.78, 5) is 0.